The standard InChI is InChI=1S/C13H22N2O2/c1-3-15-10-11(9-14-15)12(16)13(17-4-2)7-5-6-8-13/h9-10,12,16H,3-8H2,1-2H3. The molecule has 1 aromatic rings. The van der Waals surface area contributed by atoms with Gasteiger partial charge in [-0.1, -0.05) is 12.8 Å². The van der Waals surface area contributed by atoms with Gasteiger partial charge in [0.1, 0.15) is 6.10 Å². The van der Waals surface area contributed by atoms with Crippen molar-refractivity contribution in [2.45, 2.75) is 57.8 Å². The number of aliphatic hydroxyl groups excluding tert-OH is 1. The van der Waals surface area contributed by atoms with E-state index in [0.717, 1.165) is 37.8 Å². The molecule has 4 heteroatoms. The van der Waals surface area contributed by atoms with E-state index in [9.17, 15) is 5.11 Å². The highest BCUT2D eigenvalue weighted by molar-refractivity contribution is 5.14. The highest BCUT2D eigenvalue weighted by Gasteiger charge is 2.42. The Morgan fingerprint density at radius 1 is 1.47 bits per heavy atom. The van der Waals surface area contributed by atoms with Crippen LogP contribution in [-0.2, 0) is 11.3 Å². The molecule has 1 aliphatic rings. The van der Waals surface area contributed by atoms with Gasteiger partial charge in [0, 0.05) is 24.9 Å². The molecule has 0 radical (unpaired) electrons. The molecule has 1 fully saturated rings. The molecule has 1 unspecified atom stereocenters. The Balaban J connectivity index is 2.18. The van der Waals surface area contributed by atoms with Crippen molar-refractivity contribution in [3.8, 4) is 0 Å². The van der Waals surface area contributed by atoms with Crippen LogP contribution in [0.1, 0.15) is 51.2 Å². The maximum absolute atomic E-state index is 10.5. The fourth-order valence-electron chi connectivity index (χ4n) is 2.76. The Labute approximate surface area is 103 Å². The molecule has 1 heterocycles. The van der Waals surface area contributed by atoms with Crippen LogP contribution in [0, 0.1) is 0 Å². The van der Waals surface area contributed by atoms with E-state index < -0.39 is 6.10 Å². The second-order valence-corrected chi connectivity index (χ2v) is 4.74. The molecule has 1 saturated carbocycles. The Morgan fingerprint density at radius 2 is 2.18 bits per heavy atom. The summed E-state index contributed by atoms with van der Waals surface area (Å²) in [6.45, 7) is 5.51. The Morgan fingerprint density at radius 3 is 2.71 bits per heavy atom. The van der Waals surface area contributed by atoms with Crippen molar-refractivity contribution in [2.75, 3.05) is 6.61 Å². The highest BCUT2D eigenvalue weighted by Crippen LogP contribution is 2.42. The van der Waals surface area contributed by atoms with Crippen LogP contribution in [0.5, 0.6) is 0 Å². The normalized spacial score (nSPS) is 20.6. The van der Waals surface area contributed by atoms with Gasteiger partial charge in [-0.25, -0.2) is 0 Å². The smallest absolute Gasteiger partial charge is 0.111 e. The van der Waals surface area contributed by atoms with Gasteiger partial charge in [-0.3, -0.25) is 4.68 Å². The summed E-state index contributed by atoms with van der Waals surface area (Å²) in [7, 11) is 0. The van der Waals surface area contributed by atoms with Gasteiger partial charge >= 0.3 is 0 Å². The fourth-order valence-corrected chi connectivity index (χ4v) is 2.76. The number of hydrogen-bond acceptors (Lipinski definition) is 3. The quantitative estimate of drug-likeness (QED) is 0.856. The summed E-state index contributed by atoms with van der Waals surface area (Å²) in [5.41, 5.74) is 0.498. The molecule has 96 valence electrons. The third-order valence-electron chi connectivity index (χ3n) is 3.67. The van der Waals surface area contributed by atoms with Crippen molar-refractivity contribution < 1.29 is 9.84 Å². The SMILES string of the molecule is CCOC1(C(O)c2cnn(CC)c2)CCCC1. The van der Waals surface area contributed by atoms with Crippen molar-refractivity contribution in [3.63, 3.8) is 0 Å². The van der Waals surface area contributed by atoms with Gasteiger partial charge in [-0.2, -0.15) is 5.10 Å². The maximum Gasteiger partial charge on any atom is 0.111 e. The lowest BCUT2D eigenvalue weighted by Gasteiger charge is -2.33. The second-order valence-electron chi connectivity index (χ2n) is 4.74. The van der Waals surface area contributed by atoms with Crippen molar-refractivity contribution in [1.82, 2.24) is 9.78 Å². The first-order valence-electron chi connectivity index (χ1n) is 6.56. The number of aryl methyl sites for hydroxylation is 1. The predicted molar refractivity (Wildman–Crippen MR) is 65.7 cm³/mol. The molecule has 1 aliphatic carbocycles. The summed E-state index contributed by atoms with van der Waals surface area (Å²) in [5, 5.41) is 14.8. The zero-order valence-electron chi connectivity index (χ0n) is 10.7. The maximum atomic E-state index is 10.5. The zero-order valence-corrected chi connectivity index (χ0v) is 10.7. The molecule has 1 N–H and O–H groups in total. The molecule has 0 saturated heterocycles. The fraction of sp³-hybridized carbons (Fsp3) is 0.769. The molecule has 2 rings (SSSR count). The predicted octanol–water partition coefficient (Wildman–Crippen LogP) is 2.29. The van der Waals surface area contributed by atoms with Crippen LogP contribution in [0.15, 0.2) is 12.4 Å². The highest BCUT2D eigenvalue weighted by atomic mass is 16.5. The van der Waals surface area contributed by atoms with Crippen molar-refractivity contribution >= 4 is 0 Å². The van der Waals surface area contributed by atoms with Crippen molar-refractivity contribution in [3.05, 3.63) is 18.0 Å². The summed E-state index contributed by atoms with van der Waals surface area (Å²) in [4.78, 5) is 0. The lowest BCUT2D eigenvalue weighted by Crippen LogP contribution is -2.36. The molecule has 0 spiro atoms. The molecular weight excluding hydrogens is 216 g/mol. The lowest BCUT2D eigenvalue weighted by atomic mass is 9.91. The average molecular weight is 238 g/mol. The van der Waals surface area contributed by atoms with E-state index in [1.54, 1.807) is 6.20 Å². The van der Waals surface area contributed by atoms with Crippen LogP contribution in [-0.4, -0.2) is 27.1 Å². The molecule has 0 aliphatic heterocycles. The molecule has 1 atom stereocenters. The average Bonchev–Trinajstić information content (AvgIpc) is 2.97. The van der Waals surface area contributed by atoms with Gasteiger partial charge in [0.15, 0.2) is 0 Å². The molecule has 1 aromatic heterocycles. The number of hydrogen-bond donors (Lipinski definition) is 1. The zero-order chi connectivity index (χ0) is 12.3. The van der Waals surface area contributed by atoms with Crippen molar-refractivity contribution in [1.29, 1.82) is 0 Å². The molecule has 4 nitrogen and oxygen atoms in total. The lowest BCUT2D eigenvalue weighted by molar-refractivity contribution is -0.118. The van der Waals surface area contributed by atoms with E-state index in [2.05, 4.69) is 5.10 Å². The van der Waals surface area contributed by atoms with Crippen LogP contribution >= 0.6 is 0 Å². The Bertz CT molecular complexity index is 356. The molecule has 17 heavy (non-hydrogen) atoms. The number of aromatic nitrogens is 2. The molecule has 0 amide bonds. The topological polar surface area (TPSA) is 47.3 Å². The monoisotopic (exact) mass is 238 g/mol. The second kappa shape index (κ2) is 5.19. The minimum atomic E-state index is -0.551. The van der Waals surface area contributed by atoms with Gasteiger partial charge in [-0.15, -0.1) is 0 Å². The molecular formula is C13H22N2O2. The van der Waals surface area contributed by atoms with E-state index in [1.807, 2.05) is 24.7 Å². The largest absolute Gasteiger partial charge is 0.385 e. The first-order chi connectivity index (χ1) is 8.22. The Hall–Kier alpha value is -0.870. The number of ether oxygens (including phenoxy) is 1. The summed E-state index contributed by atoms with van der Waals surface area (Å²) in [5.74, 6) is 0. The minimum absolute atomic E-state index is 0.379. The van der Waals surface area contributed by atoms with Gasteiger partial charge < -0.3 is 9.84 Å². The van der Waals surface area contributed by atoms with Crippen LogP contribution in [0.2, 0.25) is 0 Å². The van der Waals surface area contributed by atoms with Gasteiger partial charge in [-0.05, 0) is 26.7 Å². The first-order valence-corrected chi connectivity index (χ1v) is 6.56. The number of aliphatic hydroxyl groups is 1. The summed E-state index contributed by atoms with van der Waals surface area (Å²) in [6.07, 6.45) is 7.29. The number of nitrogens with zero attached hydrogens (tertiary/aromatic N) is 2. The van der Waals surface area contributed by atoms with Crippen molar-refractivity contribution in [2.24, 2.45) is 0 Å². The van der Waals surface area contributed by atoms with Gasteiger partial charge in [0.05, 0.1) is 11.8 Å². The molecule has 0 bridgehead atoms. The van der Waals surface area contributed by atoms with E-state index >= 15 is 0 Å². The van der Waals surface area contributed by atoms with E-state index in [0.29, 0.717) is 6.61 Å². The first kappa shape index (κ1) is 12.6. The van der Waals surface area contributed by atoms with Crippen LogP contribution in [0.4, 0.5) is 0 Å². The van der Waals surface area contributed by atoms with Gasteiger partial charge in [0.2, 0.25) is 0 Å². The summed E-state index contributed by atoms with van der Waals surface area (Å²) < 4.78 is 7.70. The third-order valence-corrected chi connectivity index (χ3v) is 3.67. The van der Waals surface area contributed by atoms with Gasteiger partial charge in [0.25, 0.3) is 0 Å². The van der Waals surface area contributed by atoms with E-state index in [-0.39, 0.29) is 5.60 Å². The van der Waals surface area contributed by atoms with E-state index in [1.165, 1.54) is 0 Å². The van der Waals surface area contributed by atoms with Crippen LogP contribution < -0.4 is 0 Å². The summed E-state index contributed by atoms with van der Waals surface area (Å²) in [6, 6.07) is 0. The third kappa shape index (κ3) is 2.38. The van der Waals surface area contributed by atoms with Crippen LogP contribution in [0.25, 0.3) is 0 Å². The Kier molecular flexibility index (Phi) is 3.84. The molecule has 0 aromatic carbocycles. The number of rotatable bonds is 5. The minimum Gasteiger partial charge on any atom is -0.385 e. The van der Waals surface area contributed by atoms with Crippen LogP contribution in [0.3, 0.4) is 0 Å². The summed E-state index contributed by atoms with van der Waals surface area (Å²) >= 11 is 0. The van der Waals surface area contributed by atoms with E-state index in [4.69, 9.17) is 4.74 Å².